The molecule has 0 radical (unpaired) electrons. The number of hydrogen-bond donors (Lipinski definition) is 2. The molecule has 0 fully saturated rings. The Kier molecular flexibility index (Phi) is 8.57. The summed E-state index contributed by atoms with van der Waals surface area (Å²) in [6.45, 7) is 6.19. The number of pyridine rings is 1. The smallest absolute Gasteiger partial charge is 0.245 e. The molecule has 6 nitrogen and oxygen atoms in total. The van der Waals surface area contributed by atoms with Crippen LogP contribution >= 0.6 is 15.9 Å². The lowest BCUT2D eigenvalue weighted by molar-refractivity contribution is -0.117. The van der Waals surface area contributed by atoms with Gasteiger partial charge in [0.15, 0.2) is 9.84 Å². The van der Waals surface area contributed by atoms with Crippen molar-refractivity contribution in [2.45, 2.75) is 37.2 Å². The summed E-state index contributed by atoms with van der Waals surface area (Å²) in [7, 11) is -3.87. The standard InChI is InChI=1S/C28H27BrFN3O3S/c1-6-18-16-21(17-22(30)25(18)37(5,35)36)31-27(20-10-8-7-9-11-20)33-24(34)15-13-19-12-14-23(28(2,3)4)32-26(19)29/h1,7-17,27,31H,2-5H3,(H,33,34). The minimum Gasteiger partial charge on any atom is -0.361 e. The van der Waals surface area contributed by atoms with Crippen molar-refractivity contribution in [3.63, 3.8) is 0 Å². The Morgan fingerprint density at radius 1 is 1.16 bits per heavy atom. The molecular formula is C28H27BrFN3O3S. The van der Waals surface area contributed by atoms with Gasteiger partial charge in [0.25, 0.3) is 0 Å². The summed E-state index contributed by atoms with van der Waals surface area (Å²) < 4.78 is 39.3. The van der Waals surface area contributed by atoms with Crippen molar-refractivity contribution in [3.8, 4) is 12.3 Å². The fourth-order valence-corrected chi connectivity index (χ4v) is 4.90. The van der Waals surface area contributed by atoms with E-state index in [4.69, 9.17) is 6.42 Å². The Hall–Kier alpha value is -3.48. The third kappa shape index (κ3) is 7.28. The molecule has 2 N–H and O–H groups in total. The van der Waals surface area contributed by atoms with Crippen molar-refractivity contribution in [1.82, 2.24) is 10.3 Å². The van der Waals surface area contributed by atoms with Gasteiger partial charge in [-0.1, -0.05) is 63.1 Å². The second kappa shape index (κ2) is 11.3. The number of sulfone groups is 1. The van der Waals surface area contributed by atoms with Gasteiger partial charge in [0, 0.05) is 40.3 Å². The fraction of sp³-hybridized carbons (Fsp3) is 0.214. The largest absolute Gasteiger partial charge is 0.361 e. The van der Waals surface area contributed by atoms with Crippen LogP contribution in [0.15, 0.2) is 70.2 Å². The Bertz CT molecular complexity index is 1490. The molecule has 0 bridgehead atoms. The molecule has 37 heavy (non-hydrogen) atoms. The number of carbonyl (C=O) groups is 1. The first-order valence-corrected chi connectivity index (χ1v) is 14.0. The van der Waals surface area contributed by atoms with E-state index in [9.17, 15) is 17.6 Å². The zero-order valence-corrected chi connectivity index (χ0v) is 23.2. The van der Waals surface area contributed by atoms with Crippen LogP contribution < -0.4 is 10.6 Å². The molecule has 9 heteroatoms. The molecule has 1 heterocycles. The minimum absolute atomic E-state index is 0.112. The number of nitrogens with one attached hydrogen (secondary N) is 2. The predicted octanol–water partition coefficient (Wildman–Crippen LogP) is 5.61. The number of rotatable bonds is 7. The summed E-state index contributed by atoms with van der Waals surface area (Å²) in [5.74, 6) is 0.831. The third-order valence-electron chi connectivity index (χ3n) is 5.36. The summed E-state index contributed by atoms with van der Waals surface area (Å²) >= 11 is 3.46. The third-order valence-corrected chi connectivity index (χ3v) is 7.15. The molecule has 1 atom stereocenters. The highest BCUT2D eigenvalue weighted by Gasteiger charge is 2.21. The molecule has 0 saturated heterocycles. The highest BCUT2D eigenvalue weighted by molar-refractivity contribution is 9.10. The van der Waals surface area contributed by atoms with Gasteiger partial charge in [-0.15, -0.1) is 6.42 Å². The highest BCUT2D eigenvalue weighted by Crippen LogP contribution is 2.27. The van der Waals surface area contributed by atoms with Gasteiger partial charge in [-0.2, -0.15) is 0 Å². The quantitative estimate of drug-likeness (QED) is 0.163. The van der Waals surface area contributed by atoms with Crippen LogP contribution in [0, 0.1) is 18.2 Å². The van der Waals surface area contributed by atoms with Gasteiger partial charge in [-0.05, 0) is 45.8 Å². The molecule has 0 spiro atoms. The number of anilines is 1. The van der Waals surface area contributed by atoms with Crippen molar-refractivity contribution in [3.05, 3.63) is 93.5 Å². The van der Waals surface area contributed by atoms with Gasteiger partial charge in [-0.25, -0.2) is 17.8 Å². The van der Waals surface area contributed by atoms with Crippen LogP contribution in [0.5, 0.6) is 0 Å². The number of terminal acetylenes is 1. The summed E-state index contributed by atoms with van der Waals surface area (Å²) in [4.78, 5) is 16.9. The minimum atomic E-state index is -3.87. The Balaban J connectivity index is 1.87. The van der Waals surface area contributed by atoms with E-state index < -0.39 is 32.6 Å². The lowest BCUT2D eigenvalue weighted by atomic mass is 9.91. The lowest BCUT2D eigenvalue weighted by Gasteiger charge is -2.22. The Morgan fingerprint density at radius 2 is 1.84 bits per heavy atom. The second-order valence-electron chi connectivity index (χ2n) is 9.41. The van der Waals surface area contributed by atoms with E-state index in [2.05, 4.69) is 58.2 Å². The number of halogens is 2. The van der Waals surface area contributed by atoms with Crippen molar-refractivity contribution < 1.29 is 17.6 Å². The molecule has 0 saturated carbocycles. The highest BCUT2D eigenvalue weighted by atomic mass is 79.9. The number of hydrogen-bond acceptors (Lipinski definition) is 5. The Morgan fingerprint density at radius 3 is 2.41 bits per heavy atom. The first-order valence-electron chi connectivity index (χ1n) is 11.3. The van der Waals surface area contributed by atoms with E-state index in [0.717, 1.165) is 23.6 Å². The van der Waals surface area contributed by atoms with E-state index in [0.29, 0.717) is 10.2 Å². The molecule has 0 aliphatic carbocycles. The number of amides is 1. The molecule has 2 aromatic carbocycles. The molecule has 1 amide bonds. The van der Waals surface area contributed by atoms with Crippen LogP contribution in [-0.4, -0.2) is 25.6 Å². The molecular weight excluding hydrogens is 557 g/mol. The van der Waals surface area contributed by atoms with E-state index in [1.165, 1.54) is 12.1 Å². The van der Waals surface area contributed by atoms with Crippen LogP contribution in [-0.2, 0) is 20.0 Å². The van der Waals surface area contributed by atoms with Gasteiger partial charge in [-0.3, -0.25) is 4.79 Å². The maximum absolute atomic E-state index is 14.7. The number of carbonyl (C=O) groups excluding carboxylic acids is 1. The fourth-order valence-electron chi connectivity index (χ4n) is 3.52. The van der Waals surface area contributed by atoms with Crippen molar-refractivity contribution >= 4 is 43.4 Å². The van der Waals surface area contributed by atoms with Gasteiger partial charge in [0.2, 0.25) is 5.91 Å². The molecule has 1 aromatic heterocycles. The van der Waals surface area contributed by atoms with E-state index in [1.54, 1.807) is 30.3 Å². The topological polar surface area (TPSA) is 88.2 Å². The van der Waals surface area contributed by atoms with Crippen LogP contribution in [0.4, 0.5) is 10.1 Å². The van der Waals surface area contributed by atoms with E-state index in [-0.39, 0.29) is 16.7 Å². The maximum atomic E-state index is 14.7. The van der Waals surface area contributed by atoms with Crippen LogP contribution in [0.1, 0.15) is 49.3 Å². The Labute approximate surface area is 225 Å². The average Bonchev–Trinajstić information content (AvgIpc) is 2.81. The van der Waals surface area contributed by atoms with E-state index in [1.807, 2.05) is 18.2 Å². The maximum Gasteiger partial charge on any atom is 0.245 e. The second-order valence-corrected chi connectivity index (χ2v) is 12.1. The molecule has 3 rings (SSSR count). The monoisotopic (exact) mass is 583 g/mol. The zero-order valence-electron chi connectivity index (χ0n) is 20.8. The molecule has 0 aliphatic heterocycles. The lowest BCUT2D eigenvalue weighted by Crippen LogP contribution is -2.32. The summed E-state index contributed by atoms with van der Waals surface area (Å²) in [6, 6.07) is 15.2. The van der Waals surface area contributed by atoms with Crippen LogP contribution in [0.3, 0.4) is 0 Å². The average molecular weight is 585 g/mol. The number of benzene rings is 2. The van der Waals surface area contributed by atoms with Crippen LogP contribution in [0.25, 0.3) is 6.08 Å². The first kappa shape index (κ1) is 28.1. The van der Waals surface area contributed by atoms with Crippen LogP contribution in [0.2, 0.25) is 0 Å². The summed E-state index contributed by atoms with van der Waals surface area (Å²) in [5.41, 5.74) is 2.31. The van der Waals surface area contributed by atoms with Crippen molar-refractivity contribution in [1.29, 1.82) is 0 Å². The first-order chi connectivity index (χ1) is 17.3. The molecule has 192 valence electrons. The van der Waals surface area contributed by atoms with Gasteiger partial charge in [0.1, 0.15) is 21.5 Å². The van der Waals surface area contributed by atoms with E-state index >= 15 is 0 Å². The SMILES string of the molecule is C#Cc1cc(NC(NC(=O)C=Cc2ccc(C(C)(C)C)nc2Br)c2ccccc2)cc(F)c1S(C)(=O)=O. The summed E-state index contributed by atoms with van der Waals surface area (Å²) in [6.07, 6.45) is 8.58. The zero-order chi connectivity index (χ0) is 27.4. The number of nitrogens with zero attached hydrogens (tertiary/aromatic N) is 1. The molecule has 3 aromatic rings. The summed E-state index contributed by atoms with van der Waals surface area (Å²) in [5, 5.41) is 5.88. The number of aromatic nitrogens is 1. The molecule has 1 unspecified atom stereocenters. The van der Waals surface area contributed by atoms with Gasteiger partial charge >= 0.3 is 0 Å². The van der Waals surface area contributed by atoms with Crippen molar-refractivity contribution in [2.24, 2.45) is 0 Å². The normalized spacial score (nSPS) is 12.7. The predicted molar refractivity (Wildman–Crippen MR) is 148 cm³/mol. The molecule has 0 aliphatic rings. The van der Waals surface area contributed by atoms with Crippen molar-refractivity contribution in [2.75, 3.05) is 11.6 Å². The van der Waals surface area contributed by atoms with Gasteiger partial charge < -0.3 is 10.6 Å². The van der Waals surface area contributed by atoms with Gasteiger partial charge in [0.05, 0.1) is 0 Å².